The average molecular weight is 849 g/mol. The quantitative estimate of drug-likeness (QED) is 0.0345. The molecule has 0 N–H and O–H groups in total. The van der Waals surface area contributed by atoms with Crippen LogP contribution in [0.3, 0.4) is 0 Å². The molecule has 0 radical (unpaired) electrons. The lowest BCUT2D eigenvalue weighted by atomic mass is 10.0. The highest BCUT2D eigenvalue weighted by Crippen LogP contribution is 2.17. The summed E-state index contributed by atoms with van der Waals surface area (Å²) >= 11 is 0. The normalized spacial score (nSPS) is 12.1. The van der Waals surface area contributed by atoms with E-state index in [1.165, 1.54) is 186 Å². The molecule has 0 saturated carbocycles. The van der Waals surface area contributed by atoms with E-state index in [4.69, 9.17) is 14.2 Å². The molecule has 1 atom stereocenters. The molecule has 0 saturated heterocycles. The van der Waals surface area contributed by atoms with Gasteiger partial charge in [0, 0.05) is 19.3 Å². The summed E-state index contributed by atoms with van der Waals surface area (Å²) < 4.78 is 16.8. The molecule has 0 amide bonds. The third kappa shape index (κ3) is 47.5. The van der Waals surface area contributed by atoms with Crippen molar-refractivity contribution in [2.24, 2.45) is 11.8 Å². The predicted molar refractivity (Wildman–Crippen MR) is 256 cm³/mol. The van der Waals surface area contributed by atoms with Crippen LogP contribution < -0.4 is 0 Å². The molecule has 0 rings (SSSR count). The minimum absolute atomic E-state index is 0.0638. The van der Waals surface area contributed by atoms with Gasteiger partial charge in [0.1, 0.15) is 13.2 Å². The number of hydrogen-bond acceptors (Lipinski definition) is 6. The smallest absolute Gasteiger partial charge is 0.306 e. The first-order valence-corrected chi connectivity index (χ1v) is 26.7. The second-order valence-electron chi connectivity index (χ2n) is 19.5. The van der Waals surface area contributed by atoms with Crippen LogP contribution in [-0.4, -0.2) is 37.2 Å². The van der Waals surface area contributed by atoms with Crippen LogP contribution in [-0.2, 0) is 28.6 Å². The van der Waals surface area contributed by atoms with Gasteiger partial charge in [0.15, 0.2) is 6.10 Å². The summed E-state index contributed by atoms with van der Waals surface area (Å²) in [5.74, 6) is 0.779. The summed E-state index contributed by atoms with van der Waals surface area (Å²) in [5, 5.41) is 0. The van der Waals surface area contributed by atoms with Gasteiger partial charge in [-0.1, -0.05) is 259 Å². The van der Waals surface area contributed by atoms with Gasteiger partial charge in [-0.25, -0.2) is 0 Å². The van der Waals surface area contributed by atoms with Crippen LogP contribution in [0.5, 0.6) is 0 Å². The first-order valence-electron chi connectivity index (χ1n) is 26.7. The Morgan fingerprint density at radius 1 is 0.317 bits per heavy atom. The molecule has 0 aromatic carbocycles. The number of carbonyl (C=O) groups excluding carboxylic acids is 3. The zero-order valence-corrected chi connectivity index (χ0v) is 41.1. The monoisotopic (exact) mass is 849 g/mol. The highest BCUT2D eigenvalue weighted by molar-refractivity contribution is 5.71. The van der Waals surface area contributed by atoms with Crippen molar-refractivity contribution in [2.75, 3.05) is 13.2 Å². The maximum absolute atomic E-state index is 12.8. The molecule has 60 heavy (non-hydrogen) atoms. The first kappa shape index (κ1) is 58.4. The van der Waals surface area contributed by atoms with Gasteiger partial charge in [-0.3, -0.25) is 14.4 Å². The molecule has 0 bridgehead atoms. The zero-order valence-electron chi connectivity index (χ0n) is 41.1. The van der Waals surface area contributed by atoms with Gasteiger partial charge in [-0.05, 0) is 31.1 Å². The van der Waals surface area contributed by atoms with Gasteiger partial charge < -0.3 is 14.2 Å². The molecule has 6 heteroatoms. The fourth-order valence-corrected chi connectivity index (χ4v) is 8.17. The van der Waals surface area contributed by atoms with E-state index in [0.717, 1.165) is 69.6 Å². The summed E-state index contributed by atoms with van der Waals surface area (Å²) in [7, 11) is 0. The van der Waals surface area contributed by atoms with Crippen molar-refractivity contribution in [3.63, 3.8) is 0 Å². The van der Waals surface area contributed by atoms with Gasteiger partial charge in [0.25, 0.3) is 0 Å². The van der Waals surface area contributed by atoms with E-state index in [1.807, 2.05) is 0 Å². The number of unbranched alkanes of at least 4 members (excludes halogenated alkanes) is 33. The zero-order chi connectivity index (χ0) is 44.0. The summed E-state index contributed by atoms with van der Waals surface area (Å²) in [6.45, 7) is 11.4. The van der Waals surface area contributed by atoms with Gasteiger partial charge in [-0.2, -0.15) is 0 Å². The lowest BCUT2D eigenvalue weighted by molar-refractivity contribution is -0.167. The van der Waals surface area contributed by atoms with Crippen LogP contribution in [0, 0.1) is 11.8 Å². The molecule has 0 unspecified atom stereocenters. The molecule has 6 nitrogen and oxygen atoms in total. The number of carbonyl (C=O) groups is 3. The second kappa shape index (κ2) is 46.9. The Labute approximate surface area is 374 Å². The first-order chi connectivity index (χ1) is 29.2. The van der Waals surface area contributed by atoms with E-state index in [9.17, 15) is 14.4 Å². The van der Waals surface area contributed by atoms with Crippen LogP contribution in [0.1, 0.15) is 298 Å². The number of ether oxygens (including phenoxy) is 3. The fourth-order valence-electron chi connectivity index (χ4n) is 8.17. The minimum Gasteiger partial charge on any atom is -0.462 e. The van der Waals surface area contributed by atoms with Crippen molar-refractivity contribution >= 4 is 17.9 Å². The van der Waals surface area contributed by atoms with Gasteiger partial charge in [0.05, 0.1) is 0 Å². The van der Waals surface area contributed by atoms with Crippen LogP contribution in [0.15, 0.2) is 0 Å². The lowest BCUT2D eigenvalue weighted by Gasteiger charge is -2.18. The highest BCUT2D eigenvalue weighted by atomic mass is 16.6. The maximum atomic E-state index is 12.8. The van der Waals surface area contributed by atoms with Crippen molar-refractivity contribution in [3.05, 3.63) is 0 Å². The molecular weight excluding hydrogens is 745 g/mol. The molecule has 0 aliphatic rings. The third-order valence-electron chi connectivity index (χ3n) is 12.2. The van der Waals surface area contributed by atoms with Crippen molar-refractivity contribution in [1.29, 1.82) is 0 Å². The standard InChI is InChI=1S/C54H104O6/c1-6-7-8-9-10-11-12-13-14-15-16-20-23-29-34-39-44-52(55)58-47-51(60-54(57)46-41-36-31-26-25-28-33-38-43-50(4)5)48-59-53(56)45-40-35-30-24-21-18-17-19-22-27-32-37-42-49(2)3/h49-51H,6-48H2,1-5H3/t51-/m1/s1. The van der Waals surface area contributed by atoms with E-state index >= 15 is 0 Å². The van der Waals surface area contributed by atoms with Gasteiger partial charge >= 0.3 is 17.9 Å². The number of rotatable bonds is 48. The van der Waals surface area contributed by atoms with E-state index in [0.29, 0.717) is 19.3 Å². The van der Waals surface area contributed by atoms with E-state index in [-0.39, 0.29) is 31.1 Å². The van der Waals surface area contributed by atoms with Crippen molar-refractivity contribution in [2.45, 2.75) is 304 Å². The third-order valence-corrected chi connectivity index (χ3v) is 12.2. The SMILES string of the molecule is CCCCCCCCCCCCCCCCCCC(=O)OC[C@H](COC(=O)CCCCCCCCCCCCCCC(C)C)OC(=O)CCCCCCCCCCC(C)C. The average Bonchev–Trinajstić information content (AvgIpc) is 3.22. The Balaban J connectivity index is 4.28. The van der Waals surface area contributed by atoms with E-state index in [2.05, 4.69) is 34.6 Å². The van der Waals surface area contributed by atoms with E-state index < -0.39 is 6.10 Å². The topological polar surface area (TPSA) is 78.9 Å². The predicted octanol–water partition coefficient (Wildman–Crippen LogP) is 17.3. The molecule has 0 aliphatic heterocycles. The van der Waals surface area contributed by atoms with Crippen molar-refractivity contribution in [1.82, 2.24) is 0 Å². The van der Waals surface area contributed by atoms with Crippen LogP contribution in [0.4, 0.5) is 0 Å². The Morgan fingerprint density at radius 2 is 0.550 bits per heavy atom. The van der Waals surface area contributed by atoms with Crippen LogP contribution in [0.2, 0.25) is 0 Å². The number of esters is 3. The van der Waals surface area contributed by atoms with Crippen molar-refractivity contribution in [3.8, 4) is 0 Å². The molecule has 0 spiro atoms. The Hall–Kier alpha value is -1.59. The summed E-state index contributed by atoms with van der Waals surface area (Å²) in [6.07, 6.45) is 48.1. The largest absolute Gasteiger partial charge is 0.462 e. The molecular formula is C54H104O6. The molecule has 0 aromatic heterocycles. The van der Waals surface area contributed by atoms with Crippen LogP contribution in [0.25, 0.3) is 0 Å². The molecule has 0 fully saturated rings. The number of hydrogen-bond donors (Lipinski definition) is 0. The van der Waals surface area contributed by atoms with Crippen LogP contribution >= 0.6 is 0 Å². The molecule has 356 valence electrons. The molecule has 0 aromatic rings. The Kier molecular flexibility index (Phi) is 45.7. The second-order valence-corrected chi connectivity index (χ2v) is 19.5. The summed E-state index contributed by atoms with van der Waals surface area (Å²) in [5.41, 5.74) is 0. The Bertz CT molecular complexity index is 916. The van der Waals surface area contributed by atoms with Gasteiger partial charge in [0.2, 0.25) is 0 Å². The van der Waals surface area contributed by atoms with Gasteiger partial charge in [-0.15, -0.1) is 0 Å². The summed E-state index contributed by atoms with van der Waals surface area (Å²) in [6, 6.07) is 0. The van der Waals surface area contributed by atoms with Crippen molar-refractivity contribution < 1.29 is 28.6 Å². The fraction of sp³-hybridized carbons (Fsp3) is 0.944. The maximum Gasteiger partial charge on any atom is 0.306 e. The minimum atomic E-state index is -0.762. The highest BCUT2D eigenvalue weighted by Gasteiger charge is 2.19. The molecule has 0 aliphatic carbocycles. The lowest BCUT2D eigenvalue weighted by Crippen LogP contribution is -2.30. The summed E-state index contributed by atoms with van der Waals surface area (Å²) in [4.78, 5) is 38.0. The van der Waals surface area contributed by atoms with E-state index in [1.54, 1.807) is 0 Å². The molecule has 0 heterocycles. The Morgan fingerprint density at radius 3 is 0.817 bits per heavy atom.